The normalized spacial score (nSPS) is 11.0. The van der Waals surface area contributed by atoms with Crippen LogP contribution in [0.5, 0.6) is 0 Å². The molecule has 0 fully saturated rings. The molecule has 0 aliphatic rings. The maximum absolute atomic E-state index is 11.9. The predicted molar refractivity (Wildman–Crippen MR) is 97.2 cm³/mol. The van der Waals surface area contributed by atoms with Crippen molar-refractivity contribution in [3.05, 3.63) is 64.4 Å². The average Bonchev–Trinajstić information content (AvgIpc) is 2.98. The first-order chi connectivity index (χ1) is 11.2. The van der Waals surface area contributed by atoms with Crippen molar-refractivity contribution >= 4 is 39.9 Å². The first-order valence-electron chi connectivity index (χ1n) is 7.31. The van der Waals surface area contributed by atoms with Crippen LogP contribution in [0.3, 0.4) is 0 Å². The number of carbonyl (C=O) groups excluding carboxylic acids is 1. The van der Waals surface area contributed by atoms with Gasteiger partial charge in [-0.05, 0) is 35.4 Å². The third kappa shape index (κ3) is 3.76. The molecule has 1 amide bonds. The molecule has 116 valence electrons. The van der Waals surface area contributed by atoms with Crippen molar-refractivity contribution in [1.82, 2.24) is 5.43 Å². The van der Waals surface area contributed by atoms with Gasteiger partial charge in [-0.1, -0.05) is 36.4 Å². The topological polar surface area (TPSA) is 53.5 Å². The average molecular weight is 323 g/mol. The van der Waals surface area contributed by atoms with Gasteiger partial charge in [-0.15, -0.1) is 11.3 Å². The Morgan fingerprint density at radius 2 is 2.00 bits per heavy atom. The maximum Gasteiger partial charge on any atom is 0.259 e. The molecule has 23 heavy (non-hydrogen) atoms. The van der Waals surface area contributed by atoms with E-state index >= 15 is 0 Å². The molecule has 0 spiro atoms. The SMILES string of the molecule is Cc1ccsc1C=NNC(=O)CNc1cccc2ccccc12. The van der Waals surface area contributed by atoms with Crippen LogP contribution in [0.25, 0.3) is 10.8 Å². The lowest BCUT2D eigenvalue weighted by Gasteiger charge is -2.08. The fraction of sp³-hybridized carbons (Fsp3) is 0.111. The largest absolute Gasteiger partial charge is 0.376 e. The standard InChI is InChI=1S/C18H17N3OS/c1-13-9-10-23-17(13)11-20-21-18(22)12-19-16-8-4-6-14-5-2-3-7-15(14)16/h2-11,19H,12H2,1H3,(H,21,22). The van der Waals surface area contributed by atoms with Crippen LogP contribution in [0.2, 0.25) is 0 Å². The molecular formula is C18H17N3OS. The number of nitrogens with zero attached hydrogens (tertiary/aromatic N) is 1. The minimum atomic E-state index is -0.177. The Balaban J connectivity index is 1.58. The van der Waals surface area contributed by atoms with Crippen LogP contribution in [0, 0.1) is 6.92 Å². The molecule has 0 aliphatic heterocycles. The van der Waals surface area contributed by atoms with Crippen LogP contribution in [0.4, 0.5) is 5.69 Å². The third-order valence-corrected chi connectivity index (χ3v) is 4.46. The number of anilines is 1. The number of amides is 1. The zero-order chi connectivity index (χ0) is 16.1. The van der Waals surface area contributed by atoms with Gasteiger partial charge in [-0.25, -0.2) is 5.43 Å². The Labute approximate surface area is 138 Å². The molecule has 3 rings (SSSR count). The molecule has 5 heteroatoms. The Kier molecular flexibility index (Phi) is 4.68. The molecule has 2 N–H and O–H groups in total. The molecule has 2 aromatic carbocycles. The second kappa shape index (κ2) is 7.07. The third-order valence-electron chi connectivity index (χ3n) is 3.50. The smallest absolute Gasteiger partial charge is 0.259 e. The van der Waals surface area contributed by atoms with Crippen LogP contribution in [-0.4, -0.2) is 18.7 Å². The first-order valence-corrected chi connectivity index (χ1v) is 8.19. The lowest BCUT2D eigenvalue weighted by atomic mass is 10.1. The van der Waals surface area contributed by atoms with E-state index in [9.17, 15) is 4.79 Å². The monoisotopic (exact) mass is 323 g/mol. The van der Waals surface area contributed by atoms with Crippen LogP contribution < -0.4 is 10.7 Å². The quantitative estimate of drug-likeness (QED) is 0.555. The van der Waals surface area contributed by atoms with E-state index in [1.807, 2.05) is 60.8 Å². The van der Waals surface area contributed by atoms with Crippen molar-refractivity contribution in [2.75, 3.05) is 11.9 Å². The summed E-state index contributed by atoms with van der Waals surface area (Å²) >= 11 is 1.60. The highest BCUT2D eigenvalue weighted by Crippen LogP contribution is 2.22. The summed E-state index contributed by atoms with van der Waals surface area (Å²) in [6, 6.07) is 16.1. The van der Waals surface area contributed by atoms with Crippen LogP contribution in [-0.2, 0) is 4.79 Å². The van der Waals surface area contributed by atoms with Crippen molar-refractivity contribution in [3.8, 4) is 0 Å². The first kappa shape index (κ1) is 15.2. The van der Waals surface area contributed by atoms with Gasteiger partial charge in [0.1, 0.15) is 0 Å². The van der Waals surface area contributed by atoms with Crippen molar-refractivity contribution in [3.63, 3.8) is 0 Å². The van der Waals surface area contributed by atoms with Crippen molar-refractivity contribution in [1.29, 1.82) is 0 Å². The summed E-state index contributed by atoms with van der Waals surface area (Å²) in [5, 5.41) is 11.4. The van der Waals surface area contributed by atoms with E-state index in [1.165, 1.54) is 0 Å². The van der Waals surface area contributed by atoms with E-state index in [0.717, 1.165) is 26.9 Å². The summed E-state index contributed by atoms with van der Waals surface area (Å²) in [5.41, 5.74) is 4.64. The van der Waals surface area contributed by atoms with Gasteiger partial charge in [0.05, 0.1) is 12.8 Å². The van der Waals surface area contributed by atoms with Crippen LogP contribution in [0.1, 0.15) is 10.4 Å². The second-order valence-electron chi connectivity index (χ2n) is 5.14. The van der Waals surface area contributed by atoms with Crippen LogP contribution >= 0.6 is 11.3 Å². The van der Waals surface area contributed by atoms with Gasteiger partial charge in [0.25, 0.3) is 5.91 Å². The van der Waals surface area contributed by atoms with E-state index in [2.05, 4.69) is 15.8 Å². The molecule has 0 radical (unpaired) electrons. The Bertz CT molecular complexity index is 849. The number of hydrogen-bond donors (Lipinski definition) is 2. The highest BCUT2D eigenvalue weighted by atomic mass is 32.1. The summed E-state index contributed by atoms with van der Waals surface area (Å²) in [4.78, 5) is 12.9. The molecule has 0 saturated heterocycles. The van der Waals surface area contributed by atoms with E-state index in [-0.39, 0.29) is 12.5 Å². The van der Waals surface area contributed by atoms with Crippen molar-refractivity contribution in [2.24, 2.45) is 5.10 Å². The number of rotatable bonds is 5. The maximum atomic E-state index is 11.9. The molecule has 3 aromatic rings. The number of hydrogen-bond acceptors (Lipinski definition) is 4. The minimum absolute atomic E-state index is 0.175. The van der Waals surface area contributed by atoms with Gasteiger partial charge in [0.15, 0.2) is 0 Å². The van der Waals surface area contributed by atoms with Gasteiger partial charge in [-0.3, -0.25) is 4.79 Å². The second-order valence-corrected chi connectivity index (χ2v) is 6.09. The summed E-state index contributed by atoms with van der Waals surface area (Å²) in [7, 11) is 0. The summed E-state index contributed by atoms with van der Waals surface area (Å²) < 4.78 is 0. The number of nitrogens with one attached hydrogen (secondary N) is 2. The molecule has 0 bridgehead atoms. The molecule has 0 unspecified atom stereocenters. The van der Waals surface area contributed by atoms with E-state index < -0.39 is 0 Å². The van der Waals surface area contributed by atoms with Crippen molar-refractivity contribution < 1.29 is 4.79 Å². The zero-order valence-corrected chi connectivity index (χ0v) is 13.6. The fourth-order valence-electron chi connectivity index (χ4n) is 2.27. The fourth-order valence-corrected chi connectivity index (χ4v) is 3.06. The number of aryl methyl sites for hydroxylation is 1. The van der Waals surface area contributed by atoms with E-state index in [0.29, 0.717) is 0 Å². The lowest BCUT2D eigenvalue weighted by molar-refractivity contribution is -0.119. The number of hydrazone groups is 1. The number of carbonyl (C=O) groups is 1. The minimum Gasteiger partial charge on any atom is -0.376 e. The molecule has 0 atom stereocenters. The number of benzene rings is 2. The number of thiophene rings is 1. The highest BCUT2D eigenvalue weighted by Gasteiger charge is 2.03. The zero-order valence-electron chi connectivity index (χ0n) is 12.7. The molecule has 0 saturated carbocycles. The molecule has 4 nitrogen and oxygen atoms in total. The molecule has 1 aromatic heterocycles. The Hall–Kier alpha value is -2.66. The molecule has 0 aliphatic carbocycles. The molecule has 1 heterocycles. The summed E-state index contributed by atoms with van der Waals surface area (Å²) in [6.07, 6.45) is 1.68. The highest BCUT2D eigenvalue weighted by molar-refractivity contribution is 7.11. The molecular weight excluding hydrogens is 306 g/mol. The van der Waals surface area contributed by atoms with Gasteiger partial charge >= 0.3 is 0 Å². The van der Waals surface area contributed by atoms with Gasteiger partial charge in [-0.2, -0.15) is 5.10 Å². The van der Waals surface area contributed by atoms with E-state index in [4.69, 9.17) is 0 Å². The Morgan fingerprint density at radius 1 is 1.17 bits per heavy atom. The van der Waals surface area contributed by atoms with Gasteiger partial charge in [0, 0.05) is 16.0 Å². The van der Waals surface area contributed by atoms with Gasteiger partial charge in [0.2, 0.25) is 0 Å². The van der Waals surface area contributed by atoms with Gasteiger partial charge < -0.3 is 5.32 Å². The summed E-state index contributed by atoms with van der Waals surface area (Å²) in [5.74, 6) is -0.177. The van der Waals surface area contributed by atoms with Crippen LogP contribution in [0.15, 0.2) is 59.0 Å². The predicted octanol–water partition coefficient (Wildman–Crippen LogP) is 3.77. The van der Waals surface area contributed by atoms with E-state index in [1.54, 1.807) is 17.6 Å². The summed E-state index contributed by atoms with van der Waals surface area (Å²) in [6.45, 7) is 2.19. The Morgan fingerprint density at radius 3 is 2.83 bits per heavy atom. The van der Waals surface area contributed by atoms with Crippen molar-refractivity contribution in [2.45, 2.75) is 6.92 Å². The lowest BCUT2D eigenvalue weighted by Crippen LogP contribution is -2.25. The number of fused-ring (bicyclic) bond motifs is 1.